The Kier molecular flexibility index (Phi) is 5.52. The second kappa shape index (κ2) is 8.00. The third kappa shape index (κ3) is 3.59. The Labute approximate surface area is 190 Å². The second-order valence-electron chi connectivity index (χ2n) is 7.48. The first-order chi connectivity index (χ1) is 14.7. The maximum absolute atomic E-state index is 13.7. The molecule has 1 unspecified atom stereocenters. The van der Waals surface area contributed by atoms with Crippen LogP contribution in [-0.2, 0) is 5.72 Å². The van der Waals surface area contributed by atoms with Gasteiger partial charge in [-0.2, -0.15) is 0 Å². The zero-order valence-electron chi connectivity index (χ0n) is 16.9. The van der Waals surface area contributed by atoms with Crippen LogP contribution in [0.3, 0.4) is 0 Å². The first-order valence-electron chi connectivity index (χ1n) is 9.72. The maximum Gasteiger partial charge on any atom is 0.332 e. The Morgan fingerprint density at radius 2 is 1.48 bits per heavy atom. The summed E-state index contributed by atoms with van der Waals surface area (Å²) in [6, 6.07) is 19.1. The summed E-state index contributed by atoms with van der Waals surface area (Å²) < 4.78 is 0. The first kappa shape index (κ1) is 21.4. The molecule has 0 spiro atoms. The highest BCUT2D eigenvalue weighted by Gasteiger charge is 2.56. The highest BCUT2D eigenvalue weighted by molar-refractivity contribution is 6.31. The third-order valence-electron chi connectivity index (χ3n) is 5.59. The topological polar surface area (TPSA) is 60.9 Å². The SMILES string of the molecule is CC(=O)c1cccc(C2(O)[C@@H](C)N(c3ccc(Cl)cc3)C(=O)N2c2ccc(Cl)cc2)c1. The number of amides is 2. The van der Waals surface area contributed by atoms with Crippen LogP contribution in [0.25, 0.3) is 0 Å². The van der Waals surface area contributed by atoms with Crippen molar-refractivity contribution in [3.63, 3.8) is 0 Å². The number of urea groups is 1. The highest BCUT2D eigenvalue weighted by Crippen LogP contribution is 2.44. The molecule has 1 saturated heterocycles. The van der Waals surface area contributed by atoms with Gasteiger partial charge in [0.05, 0.1) is 6.04 Å². The van der Waals surface area contributed by atoms with E-state index in [2.05, 4.69) is 0 Å². The number of benzene rings is 3. The molecule has 158 valence electrons. The Bertz CT molecular complexity index is 1150. The molecule has 1 heterocycles. The number of carbonyl (C=O) groups excluding carboxylic acids is 2. The van der Waals surface area contributed by atoms with Crippen molar-refractivity contribution in [1.29, 1.82) is 0 Å². The smallest absolute Gasteiger partial charge is 0.332 e. The normalized spacial score (nSPS) is 20.9. The maximum atomic E-state index is 13.7. The molecule has 2 amide bonds. The minimum absolute atomic E-state index is 0.130. The van der Waals surface area contributed by atoms with Crippen molar-refractivity contribution >= 4 is 46.4 Å². The first-order valence-corrected chi connectivity index (χ1v) is 10.5. The lowest BCUT2D eigenvalue weighted by atomic mass is 9.92. The van der Waals surface area contributed by atoms with Crippen molar-refractivity contribution in [2.75, 3.05) is 9.80 Å². The van der Waals surface area contributed by atoms with Crippen molar-refractivity contribution in [2.24, 2.45) is 0 Å². The minimum Gasteiger partial charge on any atom is -0.365 e. The van der Waals surface area contributed by atoms with Crippen LogP contribution in [0.5, 0.6) is 0 Å². The molecule has 0 saturated carbocycles. The number of anilines is 2. The Hall–Kier alpha value is -2.86. The molecule has 31 heavy (non-hydrogen) atoms. The van der Waals surface area contributed by atoms with E-state index >= 15 is 0 Å². The number of hydrogen-bond donors (Lipinski definition) is 1. The fourth-order valence-corrected chi connectivity index (χ4v) is 4.21. The molecule has 4 rings (SSSR count). The van der Waals surface area contributed by atoms with E-state index < -0.39 is 17.8 Å². The van der Waals surface area contributed by atoms with Gasteiger partial charge in [-0.15, -0.1) is 0 Å². The van der Waals surface area contributed by atoms with Crippen molar-refractivity contribution in [3.8, 4) is 0 Å². The Morgan fingerprint density at radius 3 is 2.03 bits per heavy atom. The molecule has 5 nitrogen and oxygen atoms in total. The van der Waals surface area contributed by atoms with Gasteiger partial charge in [0.2, 0.25) is 0 Å². The Balaban J connectivity index is 1.91. The van der Waals surface area contributed by atoms with Gasteiger partial charge in [-0.25, -0.2) is 4.79 Å². The van der Waals surface area contributed by atoms with Crippen LogP contribution in [0.15, 0.2) is 72.8 Å². The van der Waals surface area contributed by atoms with Crippen molar-refractivity contribution in [1.82, 2.24) is 0 Å². The number of carbonyl (C=O) groups is 2. The van der Waals surface area contributed by atoms with Crippen LogP contribution in [0.4, 0.5) is 16.2 Å². The van der Waals surface area contributed by atoms with E-state index in [4.69, 9.17) is 23.2 Å². The van der Waals surface area contributed by atoms with Gasteiger partial charge in [0.15, 0.2) is 11.5 Å². The average molecular weight is 455 g/mol. The summed E-state index contributed by atoms with van der Waals surface area (Å²) in [5.41, 5.74) is 0.225. The molecule has 0 aromatic heterocycles. The van der Waals surface area contributed by atoms with Crippen LogP contribution < -0.4 is 9.80 Å². The lowest BCUT2D eigenvalue weighted by Gasteiger charge is -2.36. The Morgan fingerprint density at radius 1 is 0.935 bits per heavy atom. The van der Waals surface area contributed by atoms with Crippen LogP contribution in [0.2, 0.25) is 10.0 Å². The zero-order chi connectivity index (χ0) is 22.3. The molecule has 3 aromatic rings. The van der Waals surface area contributed by atoms with E-state index in [-0.39, 0.29) is 5.78 Å². The third-order valence-corrected chi connectivity index (χ3v) is 6.10. The summed E-state index contributed by atoms with van der Waals surface area (Å²) >= 11 is 12.1. The largest absolute Gasteiger partial charge is 0.365 e. The van der Waals surface area contributed by atoms with Crippen LogP contribution in [0, 0.1) is 0 Å². The lowest BCUT2D eigenvalue weighted by molar-refractivity contribution is 0.0372. The number of rotatable bonds is 4. The van der Waals surface area contributed by atoms with Gasteiger partial charge in [-0.3, -0.25) is 14.6 Å². The van der Waals surface area contributed by atoms with Gasteiger partial charge in [0.1, 0.15) is 0 Å². The monoisotopic (exact) mass is 454 g/mol. The molecular formula is C24H20Cl2N2O3. The standard InChI is InChI=1S/C24H20Cl2N2O3/c1-15(29)17-4-3-5-18(14-17)24(31)16(2)27(21-10-6-19(25)7-11-21)23(30)28(24)22-12-8-20(26)9-13-22/h3-14,16,31H,1-2H3/t16-,24?/m1/s1. The summed E-state index contributed by atoms with van der Waals surface area (Å²) in [5.74, 6) is -0.130. The van der Waals surface area contributed by atoms with Gasteiger partial charge >= 0.3 is 6.03 Å². The average Bonchev–Trinajstić information content (AvgIpc) is 2.96. The lowest BCUT2D eigenvalue weighted by Crippen LogP contribution is -2.48. The van der Waals surface area contributed by atoms with Crippen LogP contribution in [0.1, 0.15) is 29.8 Å². The molecule has 2 atom stereocenters. The summed E-state index contributed by atoms with van der Waals surface area (Å²) in [7, 11) is 0. The summed E-state index contributed by atoms with van der Waals surface area (Å²) in [5, 5.41) is 13.1. The number of aliphatic hydroxyl groups is 1. The van der Waals surface area contributed by atoms with Crippen molar-refractivity contribution in [2.45, 2.75) is 25.6 Å². The molecule has 0 bridgehead atoms. The predicted octanol–water partition coefficient (Wildman–Crippen LogP) is 5.88. The van der Waals surface area contributed by atoms with Gasteiger partial charge in [-0.05, 0) is 68.4 Å². The summed E-state index contributed by atoms with van der Waals surface area (Å²) in [6.45, 7) is 3.23. The number of halogens is 2. The van der Waals surface area contributed by atoms with Crippen molar-refractivity contribution in [3.05, 3.63) is 94.0 Å². The molecule has 0 aliphatic carbocycles. The van der Waals surface area contributed by atoms with E-state index in [1.54, 1.807) is 79.7 Å². The number of hydrogen-bond acceptors (Lipinski definition) is 3. The molecule has 1 aliphatic heterocycles. The second-order valence-corrected chi connectivity index (χ2v) is 8.35. The van der Waals surface area contributed by atoms with Crippen LogP contribution in [-0.4, -0.2) is 23.0 Å². The molecule has 3 aromatic carbocycles. The molecular weight excluding hydrogens is 435 g/mol. The van der Waals surface area contributed by atoms with Gasteiger partial charge in [0, 0.05) is 32.5 Å². The summed E-state index contributed by atoms with van der Waals surface area (Å²) in [6.07, 6.45) is 0. The number of ketones is 1. The predicted molar refractivity (Wildman–Crippen MR) is 123 cm³/mol. The quantitative estimate of drug-likeness (QED) is 0.500. The number of nitrogens with zero attached hydrogens (tertiary/aromatic N) is 2. The van der Waals surface area contributed by atoms with E-state index in [1.165, 1.54) is 16.7 Å². The molecule has 0 radical (unpaired) electrons. The molecule has 1 aliphatic rings. The van der Waals surface area contributed by atoms with E-state index in [0.717, 1.165) is 0 Å². The van der Waals surface area contributed by atoms with Crippen molar-refractivity contribution < 1.29 is 14.7 Å². The fraction of sp³-hybridized carbons (Fsp3) is 0.167. The highest BCUT2D eigenvalue weighted by atomic mass is 35.5. The van der Waals surface area contributed by atoms with E-state index in [9.17, 15) is 14.7 Å². The molecule has 7 heteroatoms. The molecule has 1 N–H and O–H groups in total. The van der Waals surface area contributed by atoms with E-state index in [0.29, 0.717) is 32.5 Å². The van der Waals surface area contributed by atoms with Gasteiger partial charge in [0.25, 0.3) is 0 Å². The number of Topliss-reactive ketones (excluding diaryl/α,β-unsaturated/α-hetero) is 1. The van der Waals surface area contributed by atoms with Gasteiger partial charge < -0.3 is 5.11 Å². The summed E-state index contributed by atoms with van der Waals surface area (Å²) in [4.78, 5) is 28.5. The fourth-order valence-electron chi connectivity index (χ4n) is 3.96. The van der Waals surface area contributed by atoms with E-state index in [1.807, 2.05) is 0 Å². The van der Waals surface area contributed by atoms with Gasteiger partial charge in [-0.1, -0.05) is 41.4 Å². The minimum atomic E-state index is -1.74. The van der Waals surface area contributed by atoms with Crippen LogP contribution >= 0.6 is 23.2 Å². The zero-order valence-corrected chi connectivity index (χ0v) is 18.4. The molecule has 1 fully saturated rings.